The third-order valence-electron chi connectivity index (χ3n) is 1.44. The normalized spacial score (nSPS) is 24.6. The van der Waals surface area contributed by atoms with Crippen LogP contribution in [-0.2, 0) is 0 Å². The highest BCUT2D eigenvalue weighted by Gasteiger charge is 2.02. The molecule has 0 fully saturated rings. The van der Waals surface area contributed by atoms with Crippen LogP contribution in [0.4, 0.5) is 0 Å². The van der Waals surface area contributed by atoms with Crippen LogP contribution in [0.25, 0.3) is 0 Å². The molecule has 1 unspecified atom stereocenters. The van der Waals surface area contributed by atoms with Gasteiger partial charge in [-0.25, -0.2) is 0 Å². The van der Waals surface area contributed by atoms with Gasteiger partial charge >= 0.3 is 0 Å². The molecule has 0 bridgehead atoms. The first-order valence-corrected chi connectivity index (χ1v) is 3.09. The van der Waals surface area contributed by atoms with Crippen LogP contribution in [0.2, 0.25) is 0 Å². The molecule has 0 radical (unpaired) electrons. The van der Waals surface area contributed by atoms with Crippen molar-refractivity contribution in [2.24, 2.45) is 0 Å². The Morgan fingerprint density at radius 2 is 2.33 bits per heavy atom. The first kappa shape index (κ1) is 6.14. The van der Waals surface area contributed by atoms with Crippen molar-refractivity contribution in [2.45, 2.75) is 13.0 Å². The maximum absolute atomic E-state index is 3.68. The number of nitrogens with zero attached hydrogens (tertiary/aromatic N) is 1. The van der Waals surface area contributed by atoms with E-state index in [1.54, 1.807) is 0 Å². The summed E-state index contributed by atoms with van der Waals surface area (Å²) in [5, 5.41) is 0. The van der Waals surface area contributed by atoms with E-state index in [1.165, 1.54) is 0 Å². The van der Waals surface area contributed by atoms with Crippen LogP contribution >= 0.6 is 0 Å². The van der Waals surface area contributed by atoms with Gasteiger partial charge in [0.25, 0.3) is 0 Å². The average molecular weight is 121 g/mol. The van der Waals surface area contributed by atoms with Gasteiger partial charge in [-0.15, -0.1) is 0 Å². The Balaban J connectivity index is 2.65. The van der Waals surface area contributed by atoms with Crippen molar-refractivity contribution in [1.29, 1.82) is 0 Å². The van der Waals surface area contributed by atoms with Crippen molar-refractivity contribution in [1.82, 2.24) is 4.90 Å². The van der Waals surface area contributed by atoms with Gasteiger partial charge < -0.3 is 4.90 Å². The SMILES string of the molecule is C=CN1C=CC=CC1C. The van der Waals surface area contributed by atoms with Gasteiger partial charge in [0.1, 0.15) is 0 Å². The van der Waals surface area contributed by atoms with E-state index in [0.29, 0.717) is 6.04 Å². The molecular formula is C8H11N. The quantitative estimate of drug-likeness (QED) is 0.512. The predicted molar refractivity (Wildman–Crippen MR) is 39.8 cm³/mol. The average Bonchev–Trinajstić information content (AvgIpc) is 1.89. The molecular weight excluding hydrogens is 110 g/mol. The summed E-state index contributed by atoms with van der Waals surface area (Å²) in [4.78, 5) is 2.06. The van der Waals surface area contributed by atoms with Crippen LogP contribution in [0, 0.1) is 0 Å². The van der Waals surface area contributed by atoms with E-state index in [0.717, 1.165) is 0 Å². The van der Waals surface area contributed by atoms with Crippen LogP contribution in [0.5, 0.6) is 0 Å². The van der Waals surface area contributed by atoms with Crippen molar-refractivity contribution in [3.8, 4) is 0 Å². The molecule has 0 amide bonds. The third kappa shape index (κ3) is 1.22. The lowest BCUT2D eigenvalue weighted by Gasteiger charge is -2.22. The molecule has 0 saturated heterocycles. The monoisotopic (exact) mass is 121 g/mol. The van der Waals surface area contributed by atoms with E-state index in [9.17, 15) is 0 Å². The van der Waals surface area contributed by atoms with E-state index >= 15 is 0 Å². The molecule has 9 heavy (non-hydrogen) atoms. The van der Waals surface area contributed by atoms with Gasteiger partial charge in [0.2, 0.25) is 0 Å². The maximum Gasteiger partial charge on any atom is 0.0485 e. The van der Waals surface area contributed by atoms with Crippen molar-refractivity contribution in [2.75, 3.05) is 0 Å². The molecule has 0 saturated carbocycles. The zero-order chi connectivity index (χ0) is 6.69. The summed E-state index contributed by atoms with van der Waals surface area (Å²) in [6.07, 6.45) is 10.0. The van der Waals surface area contributed by atoms with E-state index in [1.807, 2.05) is 24.6 Å². The number of allylic oxidation sites excluding steroid dienone is 2. The molecule has 0 aromatic rings. The lowest BCUT2D eigenvalue weighted by Crippen LogP contribution is -2.21. The Kier molecular flexibility index (Phi) is 1.73. The van der Waals surface area contributed by atoms with Crippen LogP contribution in [0.15, 0.2) is 37.2 Å². The van der Waals surface area contributed by atoms with Crippen molar-refractivity contribution in [3.05, 3.63) is 37.2 Å². The molecule has 48 valence electrons. The molecule has 1 aliphatic heterocycles. The summed E-state index contributed by atoms with van der Waals surface area (Å²) < 4.78 is 0. The summed E-state index contributed by atoms with van der Waals surface area (Å²) in [5.74, 6) is 0. The second-order valence-electron chi connectivity index (χ2n) is 2.10. The smallest absolute Gasteiger partial charge is 0.0485 e. The Hall–Kier alpha value is -0.980. The van der Waals surface area contributed by atoms with Gasteiger partial charge in [0.15, 0.2) is 0 Å². The molecule has 1 rings (SSSR count). The summed E-state index contributed by atoms with van der Waals surface area (Å²) in [6, 6.07) is 0.465. The second kappa shape index (κ2) is 2.53. The molecule has 0 spiro atoms. The molecule has 1 atom stereocenters. The van der Waals surface area contributed by atoms with Crippen molar-refractivity contribution < 1.29 is 0 Å². The topological polar surface area (TPSA) is 3.24 Å². The fourth-order valence-electron chi connectivity index (χ4n) is 0.836. The molecule has 0 aromatic heterocycles. The molecule has 1 heteroatoms. The second-order valence-corrected chi connectivity index (χ2v) is 2.10. The summed E-state index contributed by atoms with van der Waals surface area (Å²) in [6.45, 7) is 5.80. The Labute approximate surface area is 56.0 Å². The van der Waals surface area contributed by atoms with Gasteiger partial charge in [-0.3, -0.25) is 0 Å². The highest BCUT2D eigenvalue weighted by molar-refractivity contribution is 5.13. The van der Waals surface area contributed by atoms with Gasteiger partial charge in [-0.2, -0.15) is 0 Å². The minimum atomic E-state index is 0.465. The van der Waals surface area contributed by atoms with Gasteiger partial charge in [-0.05, 0) is 19.2 Å². The van der Waals surface area contributed by atoms with Crippen LogP contribution in [0.3, 0.4) is 0 Å². The summed E-state index contributed by atoms with van der Waals surface area (Å²) in [7, 11) is 0. The predicted octanol–water partition coefficient (Wildman–Crippen LogP) is 1.90. The Bertz CT molecular complexity index is 156. The molecule has 1 nitrogen and oxygen atoms in total. The maximum atomic E-state index is 3.68. The van der Waals surface area contributed by atoms with Crippen molar-refractivity contribution >= 4 is 0 Å². The minimum Gasteiger partial charge on any atom is -0.348 e. The van der Waals surface area contributed by atoms with E-state index in [-0.39, 0.29) is 0 Å². The fraction of sp³-hybridized carbons (Fsp3) is 0.250. The lowest BCUT2D eigenvalue weighted by atomic mass is 10.2. The van der Waals surface area contributed by atoms with Gasteiger partial charge in [0.05, 0.1) is 0 Å². The minimum absolute atomic E-state index is 0.465. The van der Waals surface area contributed by atoms with Gasteiger partial charge in [-0.1, -0.05) is 18.7 Å². The molecule has 1 heterocycles. The lowest BCUT2D eigenvalue weighted by molar-refractivity contribution is 0.449. The summed E-state index contributed by atoms with van der Waals surface area (Å²) >= 11 is 0. The Morgan fingerprint density at radius 3 is 2.78 bits per heavy atom. The first-order valence-electron chi connectivity index (χ1n) is 3.09. The van der Waals surface area contributed by atoms with E-state index < -0.39 is 0 Å². The zero-order valence-corrected chi connectivity index (χ0v) is 5.62. The van der Waals surface area contributed by atoms with Crippen molar-refractivity contribution in [3.63, 3.8) is 0 Å². The van der Waals surface area contributed by atoms with Crippen LogP contribution in [-0.4, -0.2) is 10.9 Å². The van der Waals surface area contributed by atoms with E-state index in [4.69, 9.17) is 0 Å². The molecule has 1 aliphatic rings. The Morgan fingerprint density at radius 1 is 1.56 bits per heavy atom. The van der Waals surface area contributed by atoms with E-state index in [2.05, 4.69) is 24.5 Å². The highest BCUT2D eigenvalue weighted by atomic mass is 15.1. The molecule has 0 aliphatic carbocycles. The number of rotatable bonds is 1. The fourth-order valence-corrected chi connectivity index (χ4v) is 0.836. The van der Waals surface area contributed by atoms with Crippen LogP contribution in [0.1, 0.15) is 6.92 Å². The first-order chi connectivity index (χ1) is 4.34. The largest absolute Gasteiger partial charge is 0.348 e. The highest BCUT2D eigenvalue weighted by Crippen LogP contribution is 2.06. The van der Waals surface area contributed by atoms with Crippen LogP contribution < -0.4 is 0 Å². The summed E-state index contributed by atoms with van der Waals surface area (Å²) in [5.41, 5.74) is 0. The number of hydrogen-bond acceptors (Lipinski definition) is 1. The third-order valence-corrected chi connectivity index (χ3v) is 1.44. The molecule has 0 N–H and O–H groups in total. The van der Waals surface area contributed by atoms with Gasteiger partial charge in [0, 0.05) is 12.2 Å². The number of hydrogen-bond donors (Lipinski definition) is 0. The zero-order valence-electron chi connectivity index (χ0n) is 5.62. The standard InChI is InChI=1S/C8H11N/c1-3-9-7-5-4-6-8(9)2/h3-8H,1H2,2H3. The molecule has 0 aromatic carbocycles.